The molecule has 1 aromatic carbocycles. The Morgan fingerprint density at radius 3 is 2.32 bits per heavy atom. The molecular formula is C20H27N3O2. The fourth-order valence-electron chi connectivity index (χ4n) is 3.17. The van der Waals surface area contributed by atoms with Crippen molar-refractivity contribution in [1.29, 1.82) is 0 Å². The summed E-state index contributed by atoms with van der Waals surface area (Å²) in [6.45, 7) is 8.02. The van der Waals surface area contributed by atoms with Crippen molar-refractivity contribution >= 4 is 11.7 Å². The molecule has 1 aromatic heterocycles. The summed E-state index contributed by atoms with van der Waals surface area (Å²) in [5.74, 6) is 0.0404. The highest BCUT2D eigenvalue weighted by Gasteiger charge is 2.16. The van der Waals surface area contributed by atoms with E-state index in [0.29, 0.717) is 18.7 Å². The Kier molecular flexibility index (Phi) is 6.15. The van der Waals surface area contributed by atoms with E-state index in [1.165, 1.54) is 0 Å². The summed E-state index contributed by atoms with van der Waals surface area (Å²) in [5.41, 5.74) is 4.67. The Morgan fingerprint density at radius 2 is 1.80 bits per heavy atom. The molecule has 1 heterocycles. The zero-order valence-corrected chi connectivity index (χ0v) is 15.7. The minimum atomic E-state index is -0.0960. The maximum Gasteiger partial charge on any atom is 0.251 e. The van der Waals surface area contributed by atoms with Gasteiger partial charge in [0, 0.05) is 42.7 Å². The Morgan fingerprint density at radius 1 is 1.16 bits per heavy atom. The van der Waals surface area contributed by atoms with Crippen LogP contribution in [0, 0.1) is 13.8 Å². The van der Waals surface area contributed by atoms with Crippen molar-refractivity contribution < 1.29 is 9.59 Å². The number of aryl methyl sites for hydroxylation is 1. The van der Waals surface area contributed by atoms with Crippen LogP contribution < -0.4 is 5.32 Å². The Balaban J connectivity index is 2.01. The molecule has 0 radical (unpaired) electrons. The van der Waals surface area contributed by atoms with Gasteiger partial charge in [0.15, 0.2) is 5.78 Å². The molecule has 5 heteroatoms. The SMILES string of the molecule is CCn1c(C)cc(C(=O)CN(C)Cc2ccc(C(=O)NC)cc2)c1C. The summed E-state index contributed by atoms with van der Waals surface area (Å²) < 4.78 is 2.16. The van der Waals surface area contributed by atoms with Crippen LogP contribution in [0.4, 0.5) is 0 Å². The lowest BCUT2D eigenvalue weighted by Crippen LogP contribution is -2.26. The summed E-state index contributed by atoms with van der Waals surface area (Å²) in [4.78, 5) is 26.2. The highest BCUT2D eigenvalue weighted by molar-refractivity contribution is 5.99. The number of rotatable bonds is 7. The van der Waals surface area contributed by atoms with E-state index < -0.39 is 0 Å². The maximum atomic E-state index is 12.6. The van der Waals surface area contributed by atoms with Crippen LogP contribution in [0.3, 0.4) is 0 Å². The first-order chi connectivity index (χ1) is 11.9. The molecule has 0 fully saturated rings. The highest BCUT2D eigenvalue weighted by Crippen LogP contribution is 2.16. The molecule has 0 atom stereocenters. The zero-order chi connectivity index (χ0) is 18.6. The van der Waals surface area contributed by atoms with Gasteiger partial charge < -0.3 is 9.88 Å². The zero-order valence-electron chi connectivity index (χ0n) is 15.7. The number of Topliss-reactive ketones (excluding diaryl/α,β-unsaturated/α-hetero) is 1. The van der Waals surface area contributed by atoms with Crippen molar-refractivity contribution in [3.8, 4) is 0 Å². The van der Waals surface area contributed by atoms with Crippen molar-refractivity contribution in [3.63, 3.8) is 0 Å². The van der Waals surface area contributed by atoms with Crippen LogP contribution >= 0.6 is 0 Å². The quantitative estimate of drug-likeness (QED) is 0.788. The highest BCUT2D eigenvalue weighted by atomic mass is 16.1. The van der Waals surface area contributed by atoms with Gasteiger partial charge in [0.1, 0.15) is 0 Å². The molecule has 0 spiro atoms. The van der Waals surface area contributed by atoms with Crippen LogP contribution in [0.2, 0.25) is 0 Å². The van der Waals surface area contributed by atoms with Crippen molar-refractivity contribution in [2.45, 2.75) is 33.9 Å². The third kappa shape index (κ3) is 4.37. The molecule has 0 bridgehead atoms. The van der Waals surface area contributed by atoms with Gasteiger partial charge in [-0.15, -0.1) is 0 Å². The molecule has 1 amide bonds. The molecule has 0 aliphatic rings. The number of hydrogen-bond donors (Lipinski definition) is 1. The van der Waals surface area contributed by atoms with Gasteiger partial charge in [0.05, 0.1) is 6.54 Å². The number of nitrogens with one attached hydrogen (secondary N) is 1. The fraction of sp³-hybridized carbons (Fsp3) is 0.400. The van der Waals surface area contributed by atoms with E-state index in [-0.39, 0.29) is 11.7 Å². The number of hydrogen-bond acceptors (Lipinski definition) is 3. The third-order valence-corrected chi connectivity index (χ3v) is 4.50. The Hall–Kier alpha value is -2.40. The maximum absolute atomic E-state index is 12.6. The third-order valence-electron chi connectivity index (χ3n) is 4.50. The minimum Gasteiger partial charge on any atom is -0.355 e. The summed E-state index contributed by atoms with van der Waals surface area (Å²) in [6, 6.07) is 9.44. The predicted molar refractivity (Wildman–Crippen MR) is 100 cm³/mol. The van der Waals surface area contributed by atoms with Gasteiger partial charge in [-0.05, 0) is 51.6 Å². The second-order valence-corrected chi connectivity index (χ2v) is 6.40. The topological polar surface area (TPSA) is 54.3 Å². The standard InChI is InChI=1S/C20H27N3O2/c1-6-23-14(2)11-18(15(23)3)19(24)13-22(5)12-16-7-9-17(10-8-16)20(25)21-4/h7-11H,6,12-13H2,1-5H3,(H,21,25). The van der Waals surface area contributed by atoms with Crippen molar-refractivity contribution in [2.75, 3.05) is 20.6 Å². The second-order valence-electron chi connectivity index (χ2n) is 6.40. The average Bonchev–Trinajstić information content (AvgIpc) is 2.88. The number of aromatic nitrogens is 1. The first-order valence-electron chi connectivity index (χ1n) is 8.56. The van der Waals surface area contributed by atoms with Gasteiger partial charge in [-0.25, -0.2) is 0 Å². The first-order valence-corrected chi connectivity index (χ1v) is 8.56. The van der Waals surface area contributed by atoms with E-state index in [1.54, 1.807) is 19.2 Å². The van der Waals surface area contributed by atoms with Crippen molar-refractivity contribution in [2.24, 2.45) is 0 Å². The van der Waals surface area contributed by atoms with E-state index in [2.05, 4.69) is 16.8 Å². The van der Waals surface area contributed by atoms with Crippen LogP contribution in [-0.2, 0) is 13.1 Å². The number of ketones is 1. The number of nitrogens with zero attached hydrogens (tertiary/aromatic N) is 2. The van der Waals surface area contributed by atoms with E-state index in [0.717, 1.165) is 29.1 Å². The molecule has 0 saturated heterocycles. The molecule has 25 heavy (non-hydrogen) atoms. The summed E-state index contributed by atoms with van der Waals surface area (Å²) >= 11 is 0. The van der Waals surface area contributed by atoms with E-state index in [9.17, 15) is 9.59 Å². The first kappa shape index (κ1) is 18.9. The monoisotopic (exact) mass is 341 g/mol. The van der Waals surface area contributed by atoms with Gasteiger partial charge >= 0.3 is 0 Å². The molecule has 134 valence electrons. The Labute approximate surface area is 149 Å². The molecule has 0 aliphatic heterocycles. The summed E-state index contributed by atoms with van der Waals surface area (Å²) in [7, 11) is 3.55. The van der Waals surface area contributed by atoms with Crippen molar-refractivity contribution in [3.05, 3.63) is 58.4 Å². The van der Waals surface area contributed by atoms with Gasteiger partial charge in [0.25, 0.3) is 5.91 Å². The largest absolute Gasteiger partial charge is 0.355 e. The normalized spacial score (nSPS) is 11.0. The van der Waals surface area contributed by atoms with Crippen LogP contribution in [0.5, 0.6) is 0 Å². The molecule has 2 rings (SSSR count). The van der Waals surface area contributed by atoms with Crippen LogP contribution in [0.1, 0.15) is 44.6 Å². The Bertz CT molecular complexity index is 760. The van der Waals surface area contributed by atoms with Crippen LogP contribution in [0.25, 0.3) is 0 Å². The lowest BCUT2D eigenvalue weighted by atomic mass is 10.1. The van der Waals surface area contributed by atoms with Crippen molar-refractivity contribution in [1.82, 2.24) is 14.8 Å². The van der Waals surface area contributed by atoms with Gasteiger partial charge in [-0.3, -0.25) is 14.5 Å². The number of benzene rings is 1. The lowest BCUT2D eigenvalue weighted by molar-refractivity contribution is 0.0940. The number of carbonyl (C=O) groups excluding carboxylic acids is 2. The van der Waals surface area contributed by atoms with Gasteiger partial charge in [0.2, 0.25) is 0 Å². The molecule has 1 N–H and O–H groups in total. The van der Waals surface area contributed by atoms with E-state index in [1.807, 2.05) is 44.0 Å². The van der Waals surface area contributed by atoms with Crippen LogP contribution in [-0.4, -0.2) is 41.8 Å². The molecule has 2 aromatic rings. The van der Waals surface area contributed by atoms with Gasteiger partial charge in [-0.1, -0.05) is 12.1 Å². The molecule has 0 unspecified atom stereocenters. The number of carbonyl (C=O) groups is 2. The number of amides is 1. The van der Waals surface area contributed by atoms with E-state index in [4.69, 9.17) is 0 Å². The summed E-state index contributed by atoms with van der Waals surface area (Å²) in [5, 5.41) is 2.61. The summed E-state index contributed by atoms with van der Waals surface area (Å²) in [6.07, 6.45) is 0. The molecule has 0 saturated carbocycles. The molecule has 0 aliphatic carbocycles. The average molecular weight is 341 g/mol. The molecular weight excluding hydrogens is 314 g/mol. The number of likely N-dealkylation sites (N-methyl/N-ethyl adjacent to an activating group) is 1. The minimum absolute atomic E-state index is 0.0960. The van der Waals surface area contributed by atoms with E-state index >= 15 is 0 Å². The molecule has 5 nitrogen and oxygen atoms in total. The fourth-order valence-corrected chi connectivity index (χ4v) is 3.17. The second kappa shape index (κ2) is 8.12. The lowest BCUT2D eigenvalue weighted by Gasteiger charge is -2.16. The van der Waals surface area contributed by atoms with Gasteiger partial charge in [-0.2, -0.15) is 0 Å². The predicted octanol–water partition coefficient (Wildman–Crippen LogP) is 2.80. The van der Waals surface area contributed by atoms with Crippen LogP contribution in [0.15, 0.2) is 30.3 Å². The smallest absolute Gasteiger partial charge is 0.251 e.